The van der Waals surface area contributed by atoms with Gasteiger partial charge in [0.15, 0.2) is 6.61 Å². The van der Waals surface area contributed by atoms with Crippen LogP contribution in [0.25, 0.3) is 0 Å². The van der Waals surface area contributed by atoms with Crippen LogP contribution in [0.1, 0.15) is 23.2 Å². The Hall–Kier alpha value is -2.08. The smallest absolute Gasteiger partial charge is 0.262 e. The molecule has 1 fully saturated rings. The molecular formula is C15H19N3O3. The number of hydrogen-bond donors (Lipinski definition) is 2. The number of benzene rings is 1. The number of amides is 2. The maximum absolute atomic E-state index is 12.6. The van der Waals surface area contributed by atoms with E-state index in [1.165, 1.54) is 0 Å². The van der Waals surface area contributed by atoms with E-state index in [2.05, 4.69) is 10.6 Å². The van der Waals surface area contributed by atoms with Crippen molar-refractivity contribution in [3.8, 4) is 5.75 Å². The maximum Gasteiger partial charge on any atom is 0.262 e. The van der Waals surface area contributed by atoms with Crippen LogP contribution >= 0.6 is 0 Å². The number of likely N-dealkylation sites (tertiary alicyclic amines) is 1. The van der Waals surface area contributed by atoms with Gasteiger partial charge < -0.3 is 20.3 Å². The molecule has 21 heavy (non-hydrogen) atoms. The molecule has 0 aliphatic carbocycles. The molecule has 2 N–H and O–H groups in total. The van der Waals surface area contributed by atoms with E-state index in [1.807, 2.05) is 11.9 Å². The molecule has 0 bridgehead atoms. The van der Waals surface area contributed by atoms with Gasteiger partial charge in [0.25, 0.3) is 11.8 Å². The first-order valence-electron chi connectivity index (χ1n) is 7.21. The highest BCUT2D eigenvalue weighted by molar-refractivity contribution is 6.00. The monoisotopic (exact) mass is 289 g/mol. The van der Waals surface area contributed by atoms with Crippen molar-refractivity contribution in [1.29, 1.82) is 0 Å². The van der Waals surface area contributed by atoms with E-state index < -0.39 is 0 Å². The predicted molar refractivity (Wildman–Crippen MR) is 78.6 cm³/mol. The van der Waals surface area contributed by atoms with E-state index in [1.54, 1.807) is 18.2 Å². The third-order valence-corrected chi connectivity index (χ3v) is 3.94. The Labute approximate surface area is 123 Å². The number of anilines is 1. The molecule has 2 aliphatic heterocycles. The van der Waals surface area contributed by atoms with Crippen LogP contribution < -0.4 is 15.4 Å². The highest BCUT2D eigenvalue weighted by atomic mass is 16.5. The molecule has 1 aromatic carbocycles. The molecule has 0 saturated carbocycles. The van der Waals surface area contributed by atoms with Crippen molar-refractivity contribution < 1.29 is 14.3 Å². The molecule has 1 aromatic rings. The minimum Gasteiger partial charge on any atom is -0.482 e. The molecular weight excluding hydrogens is 270 g/mol. The van der Waals surface area contributed by atoms with Gasteiger partial charge in [-0.2, -0.15) is 0 Å². The second-order valence-electron chi connectivity index (χ2n) is 5.40. The summed E-state index contributed by atoms with van der Waals surface area (Å²) in [6.45, 7) is 1.61. The van der Waals surface area contributed by atoms with Crippen LogP contribution in [0.3, 0.4) is 0 Å². The summed E-state index contributed by atoms with van der Waals surface area (Å²) < 4.78 is 5.31. The summed E-state index contributed by atoms with van der Waals surface area (Å²) in [6, 6.07) is 5.44. The summed E-state index contributed by atoms with van der Waals surface area (Å²) in [5.74, 6) is 0.427. The number of nitrogens with zero attached hydrogens (tertiary/aromatic N) is 1. The van der Waals surface area contributed by atoms with E-state index >= 15 is 0 Å². The largest absolute Gasteiger partial charge is 0.482 e. The average molecular weight is 289 g/mol. The highest BCUT2D eigenvalue weighted by Gasteiger charge is 2.29. The van der Waals surface area contributed by atoms with Crippen LogP contribution in [0.4, 0.5) is 5.69 Å². The average Bonchev–Trinajstić information content (AvgIpc) is 2.94. The van der Waals surface area contributed by atoms with Crippen LogP contribution in [-0.4, -0.2) is 49.5 Å². The molecule has 2 amide bonds. The van der Waals surface area contributed by atoms with Gasteiger partial charge in [-0.25, -0.2) is 0 Å². The Morgan fingerprint density at radius 2 is 2.38 bits per heavy atom. The lowest BCUT2D eigenvalue weighted by Gasteiger charge is -2.25. The van der Waals surface area contributed by atoms with Gasteiger partial charge in [0.2, 0.25) is 0 Å². The molecule has 2 aliphatic rings. The van der Waals surface area contributed by atoms with Crippen molar-refractivity contribution >= 4 is 17.5 Å². The Kier molecular flexibility index (Phi) is 3.79. The van der Waals surface area contributed by atoms with Gasteiger partial charge in [-0.1, -0.05) is 0 Å². The molecule has 112 valence electrons. The first-order valence-corrected chi connectivity index (χ1v) is 7.21. The van der Waals surface area contributed by atoms with E-state index in [0.29, 0.717) is 17.0 Å². The van der Waals surface area contributed by atoms with Crippen LogP contribution in [0.15, 0.2) is 18.2 Å². The fourth-order valence-electron chi connectivity index (χ4n) is 2.93. The van der Waals surface area contributed by atoms with Gasteiger partial charge in [-0.05, 0) is 38.1 Å². The molecule has 0 aromatic heterocycles. The second kappa shape index (κ2) is 5.73. The molecule has 0 spiro atoms. The Bertz CT molecular complexity index is 573. The Morgan fingerprint density at radius 1 is 1.52 bits per heavy atom. The zero-order valence-corrected chi connectivity index (χ0v) is 12.0. The Balaban J connectivity index is 1.81. The van der Waals surface area contributed by atoms with Gasteiger partial charge in [-0.3, -0.25) is 9.59 Å². The topological polar surface area (TPSA) is 70.7 Å². The van der Waals surface area contributed by atoms with Crippen molar-refractivity contribution in [1.82, 2.24) is 10.2 Å². The summed E-state index contributed by atoms with van der Waals surface area (Å²) >= 11 is 0. The number of hydrogen-bond acceptors (Lipinski definition) is 4. The first kappa shape index (κ1) is 13.9. The minimum absolute atomic E-state index is 0.00960. The summed E-state index contributed by atoms with van der Waals surface area (Å²) in [4.78, 5) is 25.9. The summed E-state index contributed by atoms with van der Waals surface area (Å²) in [6.07, 6.45) is 2.06. The van der Waals surface area contributed by atoms with Gasteiger partial charge in [-0.15, -0.1) is 0 Å². The molecule has 3 rings (SSSR count). The van der Waals surface area contributed by atoms with Crippen molar-refractivity contribution in [2.24, 2.45) is 0 Å². The summed E-state index contributed by atoms with van der Waals surface area (Å²) in [5.41, 5.74) is 1.16. The van der Waals surface area contributed by atoms with Crippen molar-refractivity contribution in [2.75, 3.05) is 32.1 Å². The molecule has 1 saturated heterocycles. The molecule has 0 radical (unpaired) electrons. The fraction of sp³-hybridized carbons (Fsp3) is 0.467. The van der Waals surface area contributed by atoms with Gasteiger partial charge in [0, 0.05) is 24.7 Å². The molecule has 6 nitrogen and oxygen atoms in total. The predicted octanol–water partition coefficient (Wildman–Crippen LogP) is 0.841. The molecule has 6 heteroatoms. The molecule has 1 unspecified atom stereocenters. The van der Waals surface area contributed by atoms with Gasteiger partial charge in [0.05, 0.1) is 5.69 Å². The number of rotatable bonds is 3. The SMILES string of the molecule is CNCC1CCCN1C(=O)c1ccc2c(c1)NC(=O)CO2. The zero-order valence-electron chi connectivity index (χ0n) is 12.0. The van der Waals surface area contributed by atoms with Crippen molar-refractivity contribution in [3.05, 3.63) is 23.8 Å². The second-order valence-corrected chi connectivity index (χ2v) is 5.40. The molecule has 2 heterocycles. The number of ether oxygens (including phenoxy) is 1. The molecule has 1 atom stereocenters. The standard InChI is InChI=1S/C15H19N3O3/c1-16-8-11-3-2-6-18(11)15(20)10-4-5-13-12(7-10)17-14(19)9-21-13/h4-5,7,11,16H,2-3,6,8-9H2,1H3,(H,17,19). The van der Waals surface area contributed by atoms with Crippen LogP contribution in [-0.2, 0) is 4.79 Å². The van der Waals surface area contributed by atoms with E-state index in [9.17, 15) is 9.59 Å². The van der Waals surface area contributed by atoms with Crippen LogP contribution in [0.2, 0.25) is 0 Å². The lowest BCUT2D eigenvalue weighted by molar-refractivity contribution is -0.118. The summed E-state index contributed by atoms with van der Waals surface area (Å²) in [5, 5.41) is 5.87. The van der Waals surface area contributed by atoms with Crippen LogP contribution in [0.5, 0.6) is 5.75 Å². The third kappa shape index (κ3) is 2.71. The Morgan fingerprint density at radius 3 is 3.19 bits per heavy atom. The van der Waals surface area contributed by atoms with Gasteiger partial charge >= 0.3 is 0 Å². The van der Waals surface area contributed by atoms with E-state index in [-0.39, 0.29) is 24.5 Å². The number of carbonyl (C=O) groups is 2. The highest BCUT2D eigenvalue weighted by Crippen LogP contribution is 2.29. The minimum atomic E-state index is -0.193. The fourth-order valence-corrected chi connectivity index (χ4v) is 2.93. The van der Waals surface area contributed by atoms with Crippen LogP contribution in [0, 0.1) is 0 Å². The van der Waals surface area contributed by atoms with E-state index in [0.717, 1.165) is 25.9 Å². The zero-order chi connectivity index (χ0) is 14.8. The summed E-state index contributed by atoms with van der Waals surface area (Å²) in [7, 11) is 1.90. The lowest BCUT2D eigenvalue weighted by atomic mass is 10.1. The normalized spacial score (nSPS) is 20.7. The lowest BCUT2D eigenvalue weighted by Crippen LogP contribution is -2.40. The number of likely N-dealkylation sites (N-methyl/N-ethyl adjacent to an activating group) is 1. The van der Waals surface area contributed by atoms with Crippen molar-refractivity contribution in [3.63, 3.8) is 0 Å². The maximum atomic E-state index is 12.6. The first-order chi connectivity index (χ1) is 10.2. The number of nitrogens with one attached hydrogen (secondary N) is 2. The van der Waals surface area contributed by atoms with Crippen molar-refractivity contribution in [2.45, 2.75) is 18.9 Å². The van der Waals surface area contributed by atoms with Gasteiger partial charge in [0.1, 0.15) is 5.75 Å². The number of carbonyl (C=O) groups excluding carboxylic acids is 2. The third-order valence-electron chi connectivity index (χ3n) is 3.94. The number of fused-ring (bicyclic) bond motifs is 1. The van der Waals surface area contributed by atoms with E-state index in [4.69, 9.17) is 4.74 Å². The quantitative estimate of drug-likeness (QED) is 0.865.